The molecule has 0 aliphatic rings. The number of pyridine rings is 1. The van der Waals surface area contributed by atoms with Crippen LogP contribution in [0.3, 0.4) is 0 Å². The minimum Gasteiger partial charge on any atom is -0.494 e. The molecule has 5 heteroatoms. The molecule has 0 spiro atoms. The van der Waals surface area contributed by atoms with Gasteiger partial charge in [-0.05, 0) is 6.92 Å². The summed E-state index contributed by atoms with van der Waals surface area (Å²) in [7, 11) is 1.41. The topological polar surface area (TPSA) is 72.2 Å². The zero-order valence-electron chi connectivity index (χ0n) is 8.48. The van der Waals surface area contributed by atoms with E-state index in [-0.39, 0.29) is 23.5 Å². The van der Waals surface area contributed by atoms with Crippen LogP contribution in [0.4, 0.5) is 0 Å². The Kier molecular flexibility index (Phi) is 3.63. The van der Waals surface area contributed by atoms with Crippen molar-refractivity contribution in [3.8, 4) is 11.8 Å². The van der Waals surface area contributed by atoms with E-state index >= 15 is 0 Å². The first-order chi connectivity index (χ1) is 7.24. The lowest BCUT2D eigenvalue weighted by molar-refractivity contribution is 0.0525. The van der Waals surface area contributed by atoms with Gasteiger partial charge >= 0.3 is 5.97 Å². The fourth-order valence-corrected chi connectivity index (χ4v) is 1.08. The van der Waals surface area contributed by atoms with E-state index in [9.17, 15) is 4.79 Å². The summed E-state index contributed by atoms with van der Waals surface area (Å²) in [6.45, 7) is 1.94. The molecular weight excluding hydrogens is 196 g/mol. The monoisotopic (exact) mass is 206 g/mol. The van der Waals surface area contributed by atoms with Gasteiger partial charge in [-0.25, -0.2) is 4.79 Å². The summed E-state index contributed by atoms with van der Waals surface area (Å²) in [6, 6.07) is 1.89. The van der Waals surface area contributed by atoms with Crippen LogP contribution in [0.5, 0.6) is 5.75 Å². The SMILES string of the molecule is CCOC(=O)c1cncc(OC)c1C#N. The zero-order valence-corrected chi connectivity index (χ0v) is 8.48. The molecule has 5 nitrogen and oxygen atoms in total. The molecule has 1 heterocycles. The first-order valence-electron chi connectivity index (χ1n) is 4.33. The van der Waals surface area contributed by atoms with E-state index in [0.717, 1.165) is 0 Å². The molecule has 0 aliphatic heterocycles. The molecule has 0 bridgehead atoms. The molecule has 0 aliphatic carbocycles. The van der Waals surface area contributed by atoms with Crippen molar-refractivity contribution in [1.29, 1.82) is 5.26 Å². The van der Waals surface area contributed by atoms with Gasteiger partial charge in [-0.3, -0.25) is 4.98 Å². The molecule has 1 rings (SSSR count). The van der Waals surface area contributed by atoms with Crippen molar-refractivity contribution in [2.75, 3.05) is 13.7 Å². The second-order valence-corrected chi connectivity index (χ2v) is 2.60. The summed E-state index contributed by atoms with van der Waals surface area (Å²) >= 11 is 0. The molecule has 1 aromatic heterocycles. The number of carbonyl (C=O) groups excluding carboxylic acids is 1. The molecule has 0 atom stereocenters. The van der Waals surface area contributed by atoms with Gasteiger partial charge in [-0.1, -0.05) is 0 Å². The lowest BCUT2D eigenvalue weighted by atomic mass is 10.1. The Morgan fingerprint density at radius 3 is 2.87 bits per heavy atom. The standard InChI is InChI=1S/C10H10N2O3/c1-3-15-10(13)8-5-12-6-9(14-2)7(8)4-11/h5-6H,3H2,1-2H3. The van der Waals surface area contributed by atoms with Crippen LogP contribution in [0.1, 0.15) is 22.8 Å². The van der Waals surface area contributed by atoms with E-state index in [1.165, 1.54) is 19.5 Å². The molecule has 0 fully saturated rings. The Hall–Kier alpha value is -2.09. The van der Waals surface area contributed by atoms with Gasteiger partial charge in [0.1, 0.15) is 11.6 Å². The Morgan fingerprint density at radius 2 is 2.33 bits per heavy atom. The van der Waals surface area contributed by atoms with Crippen molar-refractivity contribution < 1.29 is 14.3 Å². The highest BCUT2D eigenvalue weighted by molar-refractivity contribution is 5.92. The quantitative estimate of drug-likeness (QED) is 0.693. The Bertz CT molecular complexity index is 410. The van der Waals surface area contributed by atoms with Crippen LogP contribution in [0.15, 0.2) is 12.4 Å². The van der Waals surface area contributed by atoms with Crippen LogP contribution in [-0.2, 0) is 4.74 Å². The zero-order chi connectivity index (χ0) is 11.3. The average Bonchev–Trinajstić information content (AvgIpc) is 2.28. The van der Waals surface area contributed by atoms with Crippen LogP contribution in [0, 0.1) is 11.3 Å². The van der Waals surface area contributed by atoms with Gasteiger partial charge < -0.3 is 9.47 Å². The third kappa shape index (κ3) is 2.23. The predicted octanol–water partition coefficient (Wildman–Crippen LogP) is 1.14. The van der Waals surface area contributed by atoms with Gasteiger partial charge in [0, 0.05) is 6.20 Å². The summed E-state index contributed by atoms with van der Waals surface area (Å²) in [5.41, 5.74) is 0.268. The van der Waals surface area contributed by atoms with Crippen LogP contribution in [0.25, 0.3) is 0 Å². The Balaban J connectivity index is 3.18. The number of rotatable bonds is 3. The minimum atomic E-state index is -0.569. The number of hydrogen-bond acceptors (Lipinski definition) is 5. The molecular formula is C10H10N2O3. The number of methoxy groups -OCH3 is 1. The predicted molar refractivity (Wildman–Crippen MR) is 51.5 cm³/mol. The summed E-state index contributed by atoms with van der Waals surface area (Å²) in [4.78, 5) is 15.2. The van der Waals surface area contributed by atoms with Crippen LogP contribution in [0.2, 0.25) is 0 Å². The van der Waals surface area contributed by atoms with Gasteiger partial charge in [-0.2, -0.15) is 5.26 Å². The first-order valence-corrected chi connectivity index (χ1v) is 4.33. The van der Waals surface area contributed by atoms with Gasteiger partial charge in [0.25, 0.3) is 0 Å². The van der Waals surface area contributed by atoms with Gasteiger partial charge in [0.15, 0.2) is 5.75 Å². The van der Waals surface area contributed by atoms with E-state index < -0.39 is 5.97 Å². The molecule has 0 amide bonds. The summed E-state index contributed by atoms with van der Waals surface area (Å²) in [5.74, 6) is -0.302. The molecule has 0 unspecified atom stereocenters. The number of aromatic nitrogens is 1. The summed E-state index contributed by atoms with van der Waals surface area (Å²) in [5, 5.41) is 8.88. The molecule has 1 aromatic rings. The largest absolute Gasteiger partial charge is 0.494 e. The molecule has 0 saturated heterocycles. The fourth-order valence-electron chi connectivity index (χ4n) is 1.08. The highest BCUT2D eigenvalue weighted by Crippen LogP contribution is 2.20. The maximum absolute atomic E-state index is 11.4. The Labute approximate surface area is 87.3 Å². The van der Waals surface area contributed by atoms with Gasteiger partial charge in [0.05, 0.1) is 25.5 Å². The van der Waals surface area contributed by atoms with Crippen molar-refractivity contribution in [2.45, 2.75) is 6.92 Å². The van der Waals surface area contributed by atoms with Crippen LogP contribution >= 0.6 is 0 Å². The second-order valence-electron chi connectivity index (χ2n) is 2.60. The van der Waals surface area contributed by atoms with Crippen LogP contribution < -0.4 is 4.74 Å². The lowest BCUT2D eigenvalue weighted by Gasteiger charge is -2.06. The molecule has 78 valence electrons. The van der Waals surface area contributed by atoms with Crippen molar-refractivity contribution in [3.63, 3.8) is 0 Å². The third-order valence-corrected chi connectivity index (χ3v) is 1.74. The molecule has 15 heavy (non-hydrogen) atoms. The molecule has 0 N–H and O–H groups in total. The number of carbonyl (C=O) groups is 1. The maximum Gasteiger partial charge on any atom is 0.341 e. The van der Waals surface area contributed by atoms with Gasteiger partial charge in [-0.15, -0.1) is 0 Å². The molecule has 0 aromatic carbocycles. The summed E-state index contributed by atoms with van der Waals surface area (Å²) in [6.07, 6.45) is 2.67. The van der Waals surface area contributed by atoms with E-state index in [2.05, 4.69) is 4.98 Å². The smallest absolute Gasteiger partial charge is 0.341 e. The minimum absolute atomic E-state index is 0.124. The highest BCUT2D eigenvalue weighted by atomic mass is 16.5. The summed E-state index contributed by atoms with van der Waals surface area (Å²) < 4.78 is 9.70. The van der Waals surface area contributed by atoms with E-state index in [0.29, 0.717) is 0 Å². The van der Waals surface area contributed by atoms with Crippen molar-refractivity contribution in [2.24, 2.45) is 0 Å². The van der Waals surface area contributed by atoms with E-state index in [1.807, 2.05) is 6.07 Å². The van der Waals surface area contributed by atoms with Crippen molar-refractivity contribution in [3.05, 3.63) is 23.5 Å². The van der Waals surface area contributed by atoms with Crippen molar-refractivity contribution in [1.82, 2.24) is 4.98 Å². The fraction of sp³-hybridized carbons (Fsp3) is 0.300. The lowest BCUT2D eigenvalue weighted by Crippen LogP contribution is -2.08. The van der Waals surface area contributed by atoms with Crippen LogP contribution in [-0.4, -0.2) is 24.7 Å². The highest BCUT2D eigenvalue weighted by Gasteiger charge is 2.16. The molecule has 0 saturated carbocycles. The number of esters is 1. The normalized spacial score (nSPS) is 9.13. The number of ether oxygens (including phenoxy) is 2. The molecule has 0 radical (unpaired) electrons. The number of nitrogens with zero attached hydrogens (tertiary/aromatic N) is 2. The maximum atomic E-state index is 11.4. The third-order valence-electron chi connectivity index (χ3n) is 1.74. The van der Waals surface area contributed by atoms with Gasteiger partial charge in [0.2, 0.25) is 0 Å². The van der Waals surface area contributed by atoms with Crippen molar-refractivity contribution >= 4 is 5.97 Å². The van der Waals surface area contributed by atoms with E-state index in [1.54, 1.807) is 6.92 Å². The average molecular weight is 206 g/mol. The van der Waals surface area contributed by atoms with E-state index in [4.69, 9.17) is 14.7 Å². The first kappa shape index (κ1) is 11.0. The number of nitriles is 1. The second kappa shape index (κ2) is 4.96. The Morgan fingerprint density at radius 1 is 1.60 bits per heavy atom. The number of hydrogen-bond donors (Lipinski definition) is 0.